The molecule has 1 aliphatic heterocycles. The lowest BCUT2D eigenvalue weighted by molar-refractivity contribution is -0.116. The van der Waals surface area contributed by atoms with Crippen LogP contribution in [0.25, 0.3) is 15.3 Å². The van der Waals surface area contributed by atoms with Crippen molar-refractivity contribution in [1.82, 2.24) is 14.8 Å². The van der Waals surface area contributed by atoms with Crippen LogP contribution in [0.2, 0.25) is 0 Å². The van der Waals surface area contributed by atoms with Crippen LogP contribution in [-0.4, -0.2) is 42.0 Å². The van der Waals surface area contributed by atoms with Gasteiger partial charge in [-0.1, -0.05) is 23.5 Å². The summed E-state index contributed by atoms with van der Waals surface area (Å²) >= 11 is 1.53. The average molecular weight is 451 g/mol. The molecular weight excluding hydrogens is 428 g/mol. The summed E-state index contributed by atoms with van der Waals surface area (Å²) in [7, 11) is 4.73. The van der Waals surface area contributed by atoms with Gasteiger partial charge in [-0.2, -0.15) is 9.78 Å². The second-order valence-electron chi connectivity index (χ2n) is 7.49. The summed E-state index contributed by atoms with van der Waals surface area (Å²) in [5.41, 5.74) is 3.58. The predicted octanol–water partition coefficient (Wildman–Crippen LogP) is 4.29. The molecule has 0 radical (unpaired) electrons. The fourth-order valence-electron chi connectivity index (χ4n) is 4.22. The van der Waals surface area contributed by atoms with Gasteiger partial charge < -0.3 is 19.5 Å². The molecule has 0 spiro atoms. The van der Waals surface area contributed by atoms with Crippen molar-refractivity contribution in [2.24, 2.45) is 0 Å². The third-order valence-corrected chi connectivity index (χ3v) is 6.67. The van der Waals surface area contributed by atoms with E-state index >= 15 is 0 Å². The van der Waals surface area contributed by atoms with E-state index in [1.807, 2.05) is 43.3 Å². The quantitative estimate of drug-likeness (QED) is 0.488. The molecule has 0 aliphatic carbocycles. The van der Waals surface area contributed by atoms with Gasteiger partial charge in [0.2, 0.25) is 16.8 Å². The first-order valence-corrected chi connectivity index (χ1v) is 10.9. The Hall–Kier alpha value is -3.59. The summed E-state index contributed by atoms with van der Waals surface area (Å²) < 4.78 is 19.3. The van der Waals surface area contributed by atoms with E-state index in [0.29, 0.717) is 28.2 Å². The maximum Gasteiger partial charge on any atom is 0.226 e. The minimum atomic E-state index is -0.212. The van der Waals surface area contributed by atoms with E-state index < -0.39 is 0 Å². The van der Waals surface area contributed by atoms with Crippen LogP contribution in [0.4, 0.5) is 5.82 Å². The van der Waals surface area contributed by atoms with E-state index in [0.717, 1.165) is 27.0 Å². The van der Waals surface area contributed by atoms with E-state index in [1.165, 1.54) is 11.3 Å². The van der Waals surface area contributed by atoms with E-state index in [-0.39, 0.29) is 18.2 Å². The zero-order valence-electron chi connectivity index (χ0n) is 18.1. The third-order valence-electron chi connectivity index (χ3n) is 5.66. The Labute approximate surface area is 188 Å². The van der Waals surface area contributed by atoms with E-state index in [4.69, 9.17) is 24.3 Å². The smallest absolute Gasteiger partial charge is 0.226 e. The van der Waals surface area contributed by atoms with Crippen LogP contribution in [0.5, 0.6) is 17.2 Å². The number of aryl methyl sites for hydroxylation is 1. The van der Waals surface area contributed by atoms with Crippen LogP contribution in [-0.2, 0) is 4.79 Å². The number of para-hydroxylation sites is 1. The van der Waals surface area contributed by atoms with Gasteiger partial charge in [0.1, 0.15) is 5.82 Å². The van der Waals surface area contributed by atoms with Crippen molar-refractivity contribution in [2.45, 2.75) is 19.3 Å². The average Bonchev–Trinajstić information content (AvgIpc) is 3.38. The highest BCUT2D eigenvalue weighted by Gasteiger charge is 2.34. The molecule has 4 aromatic rings. The summed E-state index contributed by atoms with van der Waals surface area (Å²) in [5.74, 6) is 1.96. The third kappa shape index (κ3) is 3.16. The number of nitrogens with zero attached hydrogens (tertiary/aromatic N) is 3. The van der Waals surface area contributed by atoms with Crippen molar-refractivity contribution in [3.8, 4) is 22.4 Å². The summed E-state index contributed by atoms with van der Waals surface area (Å²) in [6, 6.07) is 11.7. The van der Waals surface area contributed by atoms with Crippen LogP contribution >= 0.6 is 11.3 Å². The Morgan fingerprint density at radius 1 is 1.09 bits per heavy atom. The van der Waals surface area contributed by atoms with Gasteiger partial charge in [0, 0.05) is 17.9 Å². The van der Waals surface area contributed by atoms with Crippen LogP contribution in [0.1, 0.15) is 29.2 Å². The first-order chi connectivity index (χ1) is 15.5. The topological polar surface area (TPSA) is 87.5 Å². The van der Waals surface area contributed by atoms with Crippen LogP contribution in [0.15, 0.2) is 36.4 Å². The number of nitrogens with one attached hydrogen (secondary N) is 1. The fraction of sp³-hybridized carbons (Fsp3) is 0.261. The number of hydrogen-bond acceptors (Lipinski definition) is 7. The number of hydrogen-bond donors (Lipinski definition) is 1. The highest BCUT2D eigenvalue weighted by atomic mass is 32.1. The Morgan fingerprint density at radius 2 is 1.81 bits per heavy atom. The first-order valence-electron chi connectivity index (χ1n) is 10.1. The molecule has 2 aromatic carbocycles. The number of methoxy groups -OCH3 is 3. The second kappa shape index (κ2) is 7.83. The molecule has 0 fully saturated rings. The molecule has 5 rings (SSSR count). The normalized spacial score (nSPS) is 15.4. The largest absolute Gasteiger partial charge is 0.493 e. The minimum Gasteiger partial charge on any atom is -0.493 e. The highest BCUT2D eigenvalue weighted by molar-refractivity contribution is 7.20. The minimum absolute atomic E-state index is 0.0847. The predicted molar refractivity (Wildman–Crippen MR) is 123 cm³/mol. The van der Waals surface area contributed by atoms with Gasteiger partial charge in [-0.05, 0) is 36.8 Å². The van der Waals surface area contributed by atoms with Gasteiger partial charge in [-0.25, -0.2) is 4.98 Å². The molecule has 0 saturated carbocycles. The van der Waals surface area contributed by atoms with Gasteiger partial charge in [-0.15, -0.1) is 0 Å². The monoisotopic (exact) mass is 450 g/mol. The van der Waals surface area contributed by atoms with Gasteiger partial charge in [0.25, 0.3) is 0 Å². The van der Waals surface area contributed by atoms with E-state index in [1.54, 1.807) is 26.0 Å². The fourth-order valence-corrected chi connectivity index (χ4v) is 5.15. The molecule has 1 atom stereocenters. The molecule has 1 N–H and O–H groups in total. The van der Waals surface area contributed by atoms with Gasteiger partial charge in [0.05, 0.1) is 37.2 Å². The van der Waals surface area contributed by atoms with Gasteiger partial charge in [-0.3, -0.25) is 4.79 Å². The summed E-state index contributed by atoms with van der Waals surface area (Å²) in [4.78, 5) is 17.5. The van der Waals surface area contributed by atoms with Crippen molar-refractivity contribution in [2.75, 3.05) is 26.6 Å². The maximum absolute atomic E-state index is 12.8. The van der Waals surface area contributed by atoms with Gasteiger partial charge >= 0.3 is 0 Å². The van der Waals surface area contributed by atoms with Crippen LogP contribution < -0.4 is 19.5 Å². The molecule has 0 unspecified atom stereocenters. The number of thiazole rings is 1. The molecule has 1 aliphatic rings. The lowest BCUT2D eigenvalue weighted by atomic mass is 9.85. The van der Waals surface area contributed by atoms with Crippen molar-refractivity contribution >= 4 is 33.3 Å². The number of benzene rings is 2. The van der Waals surface area contributed by atoms with Crippen molar-refractivity contribution < 1.29 is 19.0 Å². The Kier molecular flexibility index (Phi) is 4.97. The lowest BCUT2D eigenvalue weighted by Gasteiger charge is -2.25. The van der Waals surface area contributed by atoms with Crippen LogP contribution in [0.3, 0.4) is 0 Å². The molecule has 164 valence electrons. The number of anilines is 1. The standard InChI is InChI=1S/C23H22N4O4S/c1-12-20-14(13-9-16(29-2)21(31-4)17(10-13)30-3)11-19(28)25-22(20)27(26-12)23-24-15-7-5-6-8-18(15)32-23/h5-10,14H,11H2,1-4H3,(H,25,28)/t14-/m0/s1. The van der Waals surface area contributed by atoms with Crippen LogP contribution in [0, 0.1) is 6.92 Å². The maximum atomic E-state index is 12.8. The highest BCUT2D eigenvalue weighted by Crippen LogP contribution is 2.46. The number of aromatic nitrogens is 3. The summed E-state index contributed by atoms with van der Waals surface area (Å²) in [6.45, 7) is 1.95. The lowest BCUT2D eigenvalue weighted by Crippen LogP contribution is -2.25. The van der Waals surface area contributed by atoms with E-state index in [9.17, 15) is 4.79 Å². The molecule has 2 aromatic heterocycles. The first kappa shape index (κ1) is 20.3. The Morgan fingerprint density at radius 3 is 2.47 bits per heavy atom. The van der Waals surface area contributed by atoms with Crippen molar-refractivity contribution in [3.05, 3.63) is 53.2 Å². The summed E-state index contributed by atoms with van der Waals surface area (Å²) in [6.07, 6.45) is 0.290. The number of amides is 1. The zero-order chi connectivity index (χ0) is 22.4. The zero-order valence-corrected chi connectivity index (χ0v) is 18.9. The number of ether oxygens (including phenoxy) is 3. The number of fused-ring (bicyclic) bond motifs is 2. The molecule has 1 amide bonds. The Balaban J connectivity index is 1.67. The second-order valence-corrected chi connectivity index (χ2v) is 8.50. The number of rotatable bonds is 5. The number of carbonyl (C=O) groups excluding carboxylic acids is 1. The van der Waals surface area contributed by atoms with Gasteiger partial charge in [0.15, 0.2) is 11.5 Å². The SMILES string of the molecule is COc1cc([C@@H]2CC(=O)Nc3c2c(C)nn3-c2nc3ccccc3s2)cc(OC)c1OC. The Bertz CT molecular complexity index is 1290. The number of carbonyl (C=O) groups is 1. The molecule has 3 heterocycles. The van der Waals surface area contributed by atoms with E-state index in [2.05, 4.69) is 5.32 Å². The summed E-state index contributed by atoms with van der Waals surface area (Å²) in [5, 5.41) is 8.47. The molecule has 9 heteroatoms. The molecule has 0 saturated heterocycles. The van der Waals surface area contributed by atoms with Crippen molar-refractivity contribution in [3.63, 3.8) is 0 Å². The molecule has 32 heavy (non-hydrogen) atoms. The molecule has 8 nitrogen and oxygen atoms in total. The molecular formula is C23H22N4O4S. The molecule has 0 bridgehead atoms. The van der Waals surface area contributed by atoms with Crippen molar-refractivity contribution in [1.29, 1.82) is 0 Å².